The Labute approximate surface area is 131 Å². The molecule has 0 heterocycles. The Morgan fingerprint density at radius 3 is 2.70 bits per heavy atom. The molecule has 1 aromatic rings. The van der Waals surface area contributed by atoms with Gasteiger partial charge in [-0.15, -0.1) is 24.2 Å². The molecule has 20 heavy (non-hydrogen) atoms. The molecule has 0 fully saturated rings. The van der Waals surface area contributed by atoms with E-state index in [0.717, 1.165) is 18.0 Å². The first kappa shape index (κ1) is 19.2. The van der Waals surface area contributed by atoms with E-state index in [0.29, 0.717) is 18.9 Å². The number of halogens is 1. The highest BCUT2D eigenvalue weighted by molar-refractivity contribution is 8.00. The molecule has 0 bridgehead atoms. The molecule has 0 aliphatic heterocycles. The van der Waals surface area contributed by atoms with Gasteiger partial charge in [0.1, 0.15) is 0 Å². The van der Waals surface area contributed by atoms with E-state index in [4.69, 9.17) is 4.74 Å². The maximum absolute atomic E-state index is 11.6. The molecule has 0 aliphatic carbocycles. The summed E-state index contributed by atoms with van der Waals surface area (Å²) in [4.78, 5) is 12.8. The fourth-order valence-corrected chi connectivity index (χ4v) is 2.36. The van der Waals surface area contributed by atoms with Crippen LogP contribution >= 0.6 is 24.2 Å². The van der Waals surface area contributed by atoms with Crippen molar-refractivity contribution in [2.24, 2.45) is 0 Å². The number of rotatable bonds is 9. The van der Waals surface area contributed by atoms with Crippen LogP contribution in [-0.4, -0.2) is 45.0 Å². The van der Waals surface area contributed by atoms with Crippen molar-refractivity contribution in [1.29, 1.82) is 0 Å². The van der Waals surface area contributed by atoms with Gasteiger partial charge in [-0.05, 0) is 18.6 Å². The molecule has 0 atom stereocenters. The van der Waals surface area contributed by atoms with Gasteiger partial charge in [-0.3, -0.25) is 4.79 Å². The van der Waals surface area contributed by atoms with Crippen molar-refractivity contribution in [3.05, 3.63) is 29.8 Å². The minimum atomic E-state index is 0. The van der Waals surface area contributed by atoms with Crippen LogP contribution in [0.4, 0.5) is 0 Å². The van der Waals surface area contributed by atoms with Crippen LogP contribution < -0.4 is 10.6 Å². The smallest absolute Gasteiger partial charge is 0.230 e. The average molecular weight is 319 g/mol. The number of benzene rings is 1. The lowest BCUT2D eigenvalue weighted by molar-refractivity contribution is -0.118. The Bertz CT molecular complexity index is 391. The molecule has 1 amide bonds. The maximum Gasteiger partial charge on any atom is 0.230 e. The van der Waals surface area contributed by atoms with Crippen LogP contribution in [0, 0.1) is 6.92 Å². The van der Waals surface area contributed by atoms with Crippen molar-refractivity contribution in [2.75, 3.05) is 39.1 Å². The summed E-state index contributed by atoms with van der Waals surface area (Å²) < 4.78 is 4.92. The van der Waals surface area contributed by atoms with Crippen molar-refractivity contribution in [2.45, 2.75) is 11.8 Å². The second-order valence-corrected chi connectivity index (χ2v) is 5.16. The zero-order valence-corrected chi connectivity index (χ0v) is 13.6. The van der Waals surface area contributed by atoms with Crippen LogP contribution in [-0.2, 0) is 9.53 Å². The minimum absolute atomic E-state index is 0. The van der Waals surface area contributed by atoms with Crippen LogP contribution in [0.25, 0.3) is 0 Å². The molecule has 0 aromatic heterocycles. The number of hydrogen-bond donors (Lipinski definition) is 2. The van der Waals surface area contributed by atoms with Crippen molar-refractivity contribution >= 4 is 30.1 Å². The summed E-state index contributed by atoms with van der Waals surface area (Å²) in [5, 5.41) is 6.06. The van der Waals surface area contributed by atoms with Gasteiger partial charge >= 0.3 is 0 Å². The SMILES string of the molecule is COCCNCCNC(=O)CSc1ccccc1C.Cl. The molecule has 0 spiro atoms. The first-order chi connectivity index (χ1) is 9.24. The lowest BCUT2D eigenvalue weighted by atomic mass is 10.2. The number of methoxy groups -OCH3 is 1. The molecule has 1 rings (SSSR count). The van der Waals surface area contributed by atoms with Gasteiger partial charge in [0.2, 0.25) is 5.91 Å². The number of aryl methyl sites for hydroxylation is 1. The van der Waals surface area contributed by atoms with E-state index >= 15 is 0 Å². The Morgan fingerprint density at radius 2 is 2.00 bits per heavy atom. The Kier molecular flexibility index (Phi) is 11.6. The summed E-state index contributed by atoms with van der Waals surface area (Å²) in [6, 6.07) is 8.09. The van der Waals surface area contributed by atoms with Crippen LogP contribution in [0.3, 0.4) is 0 Å². The molecule has 2 N–H and O–H groups in total. The largest absolute Gasteiger partial charge is 0.383 e. The van der Waals surface area contributed by atoms with E-state index in [1.165, 1.54) is 5.56 Å². The highest BCUT2D eigenvalue weighted by Gasteiger charge is 2.03. The molecule has 0 aliphatic rings. The van der Waals surface area contributed by atoms with E-state index in [-0.39, 0.29) is 18.3 Å². The van der Waals surface area contributed by atoms with Crippen molar-refractivity contribution in [3.8, 4) is 0 Å². The normalized spacial score (nSPS) is 9.90. The molecule has 1 aromatic carbocycles. The number of carbonyl (C=O) groups is 1. The van der Waals surface area contributed by atoms with Gasteiger partial charge in [-0.1, -0.05) is 18.2 Å². The zero-order valence-electron chi connectivity index (χ0n) is 12.0. The molecular weight excluding hydrogens is 296 g/mol. The van der Waals surface area contributed by atoms with E-state index in [9.17, 15) is 4.79 Å². The van der Waals surface area contributed by atoms with Gasteiger partial charge in [0, 0.05) is 31.6 Å². The van der Waals surface area contributed by atoms with Gasteiger partial charge in [0.25, 0.3) is 0 Å². The van der Waals surface area contributed by atoms with E-state index < -0.39 is 0 Å². The number of hydrogen-bond acceptors (Lipinski definition) is 4. The monoisotopic (exact) mass is 318 g/mol. The number of carbonyl (C=O) groups excluding carboxylic acids is 1. The molecule has 0 unspecified atom stereocenters. The predicted molar refractivity (Wildman–Crippen MR) is 86.9 cm³/mol. The number of nitrogens with one attached hydrogen (secondary N) is 2. The highest BCUT2D eigenvalue weighted by atomic mass is 35.5. The van der Waals surface area contributed by atoms with Crippen LogP contribution in [0.5, 0.6) is 0 Å². The average Bonchev–Trinajstić information content (AvgIpc) is 2.42. The summed E-state index contributed by atoms with van der Waals surface area (Å²) in [7, 11) is 1.67. The van der Waals surface area contributed by atoms with Crippen LogP contribution in [0.2, 0.25) is 0 Å². The number of ether oxygens (including phenoxy) is 1. The van der Waals surface area contributed by atoms with Crippen molar-refractivity contribution in [1.82, 2.24) is 10.6 Å². The summed E-state index contributed by atoms with van der Waals surface area (Å²) in [5.41, 5.74) is 1.21. The minimum Gasteiger partial charge on any atom is -0.383 e. The third-order valence-corrected chi connectivity index (χ3v) is 3.73. The summed E-state index contributed by atoms with van der Waals surface area (Å²) in [6.45, 7) is 4.97. The van der Waals surface area contributed by atoms with Gasteiger partial charge in [-0.25, -0.2) is 0 Å². The van der Waals surface area contributed by atoms with Crippen LogP contribution in [0.15, 0.2) is 29.2 Å². The van der Waals surface area contributed by atoms with Crippen LogP contribution in [0.1, 0.15) is 5.56 Å². The van der Waals surface area contributed by atoms with Gasteiger partial charge in [0.05, 0.1) is 12.4 Å². The maximum atomic E-state index is 11.6. The second kappa shape index (κ2) is 12.0. The Balaban J connectivity index is 0.00000361. The first-order valence-corrected chi connectivity index (χ1v) is 7.37. The summed E-state index contributed by atoms with van der Waals surface area (Å²) in [6.07, 6.45) is 0. The molecule has 114 valence electrons. The Morgan fingerprint density at radius 1 is 1.25 bits per heavy atom. The van der Waals surface area contributed by atoms with E-state index in [1.807, 2.05) is 18.2 Å². The third-order valence-electron chi connectivity index (χ3n) is 2.56. The van der Waals surface area contributed by atoms with Gasteiger partial charge in [-0.2, -0.15) is 0 Å². The fourth-order valence-electron chi connectivity index (χ4n) is 1.50. The fraction of sp³-hybridized carbons (Fsp3) is 0.500. The molecule has 4 nitrogen and oxygen atoms in total. The topological polar surface area (TPSA) is 50.4 Å². The number of thioether (sulfide) groups is 1. The van der Waals surface area contributed by atoms with E-state index in [2.05, 4.69) is 23.6 Å². The first-order valence-electron chi connectivity index (χ1n) is 6.39. The second-order valence-electron chi connectivity index (χ2n) is 4.15. The summed E-state index contributed by atoms with van der Waals surface area (Å²) >= 11 is 1.57. The summed E-state index contributed by atoms with van der Waals surface area (Å²) in [5.74, 6) is 0.532. The predicted octanol–water partition coefficient (Wildman–Crippen LogP) is 1.86. The van der Waals surface area contributed by atoms with Gasteiger partial charge < -0.3 is 15.4 Å². The van der Waals surface area contributed by atoms with E-state index in [1.54, 1.807) is 18.9 Å². The molecule has 6 heteroatoms. The Hall–Kier alpha value is -0.750. The zero-order chi connectivity index (χ0) is 13.9. The lowest BCUT2D eigenvalue weighted by Gasteiger charge is -2.07. The molecule has 0 saturated carbocycles. The molecular formula is C14H23ClN2O2S. The molecule has 0 radical (unpaired) electrons. The third kappa shape index (κ3) is 8.43. The standard InChI is InChI=1S/C14H22N2O2S.ClH/c1-12-5-3-4-6-13(12)19-11-14(17)16-8-7-15-9-10-18-2;/h3-6,15H,7-11H2,1-2H3,(H,16,17);1H. The van der Waals surface area contributed by atoms with Crippen molar-refractivity contribution in [3.63, 3.8) is 0 Å². The van der Waals surface area contributed by atoms with Crippen molar-refractivity contribution < 1.29 is 9.53 Å². The number of amides is 1. The van der Waals surface area contributed by atoms with Gasteiger partial charge in [0.15, 0.2) is 0 Å². The molecule has 0 saturated heterocycles. The highest BCUT2D eigenvalue weighted by Crippen LogP contribution is 2.21. The quantitative estimate of drug-likeness (QED) is 0.539. The lowest BCUT2D eigenvalue weighted by Crippen LogP contribution is -2.33.